The molecular weight excluding hydrogens is 182 g/mol. The van der Waals surface area contributed by atoms with Gasteiger partial charge in [-0.1, -0.05) is 0 Å². The number of carbonyl (C=O) groups is 1. The summed E-state index contributed by atoms with van der Waals surface area (Å²) in [6.07, 6.45) is -0.743. The summed E-state index contributed by atoms with van der Waals surface area (Å²) in [5.74, 6) is 0. The van der Waals surface area contributed by atoms with Crippen molar-refractivity contribution >= 4 is 6.09 Å². The molecule has 0 aromatic carbocycles. The lowest BCUT2D eigenvalue weighted by atomic mass is 10.2. The number of rotatable bonds is 0. The average molecular weight is 203 g/mol. The molecule has 4 nitrogen and oxygen atoms in total. The Kier molecular flexibility index (Phi) is 12.9. The highest BCUT2D eigenvalue weighted by Gasteiger charge is 2.17. The van der Waals surface area contributed by atoms with E-state index in [1.807, 2.05) is 0 Å². The number of hydroxylamine groups is 2. The average Bonchev–Trinajstić information content (AvgIpc) is 2.08. The van der Waals surface area contributed by atoms with E-state index in [1.54, 1.807) is 20.8 Å². The van der Waals surface area contributed by atoms with Crippen molar-refractivity contribution in [3.63, 3.8) is 0 Å². The smallest absolute Gasteiger partial charge is 0.433 e. The van der Waals surface area contributed by atoms with E-state index in [9.17, 15) is 4.79 Å². The van der Waals surface area contributed by atoms with Crippen LogP contribution in [0.5, 0.6) is 0 Å². The lowest BCUT2D eigenvalue weighted by Gasteiger charge is -2.21. The Bertz CT molecular complexity index is 148. The highest BCUT2D eigenvalue weighted by molar-refractivity contribution is 5.66. The van der Waals surface area contributed by atoms with Crippen molar-refractivity contribution in [2.24, 2.45) is 0 Å². The molecule has 0 aliphatic heterocycles. The molecule has 0 fully saturated rings. The van der Waals surface area contributed by atoms with Crippen molar-refractivity contribution in [3.8, 4) is 0 Å². The van der Waals surface area contributed by atoms with E-state index in [-0.39, 0.29) is 0 Å². The fourth-order valence-corrected chi connectivity index (χ4v) is 0.328. The summed E-state index contributed by atoms with van der Waals surface area (Å²) in [5, 5.41) is 8.95. The third kappa shape index (κ3) is 17.0. The van der Waals surface area contributed by atoms with Crippen molar-refractivity contribution < 1.29 is 14.7 Å². The molecule has 1 N–H and O–H groups in total. The Hall–Kier alpha value is -1.29. The first-order valence-corrected chi connectivity index (χ1v) is 3.98. The van der Waals surface area contributed by atoms with Crippen molar-refractivity contribution in [2.45, 2.75) is 26.4 Å². The first-order chi connectivity index (χ1) is 6.33. The van der Waals surface area contributed by atoms with Gasteiger partial charge in [0.1, 0.15) is 5.60 Å². The van der Waals surface area contributed by atoms with Crippen LogP contribution >= 0.6 is 0 Å². The Morgan fingerprint density at radius 1 is 1.21 bits per heavy atom. The summed E-state index contributed by atoms with van der Waals surface area (Å²) in [7, 11) is 1.22. The molecule has 0 heterocycles. The van der Waals surface area contributed by atoms with Crippen LogP contribution in [0.25, 0.3) is 0 Å². The van der Waals surface area contributed by atoms with Gasteiger partial charge in [0.15, 0.2) is 0 Å². The molecule has 0 saturated heterocycles. The predicted octanol–water partition coefficient (Wildman–Crippen LogP) is 2.85. The third-order valence-electron chi connectivity index (χ3n) is 0.658. The highest BCUT2D eigenvalue weighted by atomic mass is 16.6. The maximum Gasteiger partial charge on any atom is 0.433 e. The Morgan fingerprint density at radius 2 is 1.50 bits per heavy atom. The molecule has 1 amide bonds. The van der Waals surface area contributed by atoms with Gasteiger partial charge in [-0.15, -0.1) is 26.3 Å². The van der Waals surface area contributed by atoms with Crippen LogP contribution in [0.15, 0.2) is 26.3 Å². The number of hydrogen-bond donors (Lipinski definition) is 1. The zero-order valence-corrected chi connectivity index (χ0v) is 9.54. The Morgan fingerprint density at radius 3 is 1.57 bits per heavy atom. The fraction of sp³-hybridized carbons (Fsp3) is 0.500. The largest absolute Gasteiger partial charge is 0.442 e. The monoisotopic (exact) mass is 203 g/mol. The topological polar surface area (TPSA) is 49.8 Å². The van der Waals surface area contributed by atoms with Gasteiger partial charge >= 0.3 is 6.09 Å². The number of amides is 1. The van der Waals surface area contributed by atoms with Crippen LogP contribution in [0, 0.1) is 0 Å². The summed E-state index contributed by atoms with van der Waals surface area (Å²) < 4.78 is 4.74. The maximum atomic E-state index is 10.6. The molecule has 4 heteroatoms. The second-order valence-electron chi connectivity index (χ2n) is 3.00. The second kappa shape index (κ2) is 9.80. The van der Waals surface area contributed by atoms with Gasteiger partial charge in [0, 0.05) is 7.05 Å². The van der Waals surface area contributed by atoms with E-state index in [2.05, 4.69) is 26.3 Å². The van der Waals surface area contributed by atoms with Gasteiger partial charge in [0.05, 0.1) is 0 Å². The van der Waals surface area contributed by atoms with E-state index in [0.29, 0.717) is 5.06 Å². The van der Waals surface area contributed by atoms with E-state index in [0.717, 1.165) is 0 Å². The minimum atomic E-state index is -0.743. The van der Waals surface area contributed by atoms with Gasteiger partial charge in [-0.25, -0.2) is 4.79 Å². The lowest BCUT2D eigenvalue weighted by Crippen LogP contribution is -2.31. The van der Waals surface area contributed by atoms with E-state index >= 15 is 0 Å². The van der Waals surface area contributed by atoms with Crippen LogP contribution in [-0.4, -0.2) is 29.0 Å². The molecule has 0 aromatic heterocycles. The Balaban J connectivity index is -0.000000266. The second-order valence-corrected chi connectivity index (χ2v) is 3.00. The molecule has 0 saturated carbocycles. The summed E-state index contributed by atoms with van der Waals surface area (Å²) in [4.78, 5) is 10.6. The van der Waals surface area contributed by atoms with Gasteiger partial charge in [-0.2, -0.15) is 5.06 Å². The minimum absolute atomic E-state index is 0.408. The van der Waals surface area contributed by atoms with E-state index in [1.165, 1.54) is 7.05 Å². The molecule has 0 aliphatic carbocycles. The maximum absolute atomic E-state index is 10.6. The van der Waals surface area contributed by atoms with Gasteiger partial charge in [-0.05, 0) is 20.8 Å². The number of ether oxygens (including phenoxy) is 1. The lowest BCUT2D eigenvalue weighted by molar-refractivity contribution is -0.0764. The van der Waals surface area contributed by atoms with Gasteiger partial charge in [0.2, 0.25) is 0 Å². The van der Waals surface area contributed by atoms with Crippen LogP contribution in [0.4, 0.5) is 4.79 Å². The van der Waals surface area contributed by atoms with Crippen LogP contribution in [0.1, 0.15) is 20.8 Å². The first-order valence-electron chi connectivity index (χ1n) is 3.98. The van der Waals surface area contributed by atoms with Crippen molar-refractivity contribution in [2.75, 3.05) is 7.05 Å². The number of carbonyl (C=O) groups excluding carboxylic acids is 1. The summed E-state index contributed by atoms with van der Waals surface area (Å²) in [6.45, 7) is 17.2. The van der Waals surface area contributed by atoms with Gasteiger partial charge in [-0.3, -0.25) is 5.21 Å². The zero-order chi connectivity index (χ0) is 12.4. The molecule has 84 valence electrons. The molecule has 0 bridgehead atoms. The van der Waals surface area contributed by atoms with Crippen molar-refractivity contribution in [1.82, 2.24) is 5.06 Å². The van der Waals surface area contributed by atoms with E-state index in [4.69, 9.17) is 9.94 Å². The molecular formula is C10H21NO3. The van der Waals surface area contributed by atoms with Crippen LogP contribution in [0.2, 0.25) is 0 Å². The molecule has 0 unspecified atom stereocenters. The van der Waals surface area contributed by atoms with E-state index < -0.39 is 11.7 Å². The molecule has 0 aliphatic rings. The molecule has 0 rings (SSSR count). The Labute approximate surface area is 86.4 Å². The third-order valence-corrected chi connectivity index (χ3v) is 0.658. The number of hydrogen-bond acceptors (Lipinski definition) is 3. The standard InChI is InChI=1S/C6H13NO3.2C2H4/c1-6(2,3)10-5(8)7(4)9;2*1-2/h9H,1-4H3;2*1-2H2. The summed E-state index contributed by atoms with van der Waals surface area (Å²) in [6, 6.07) is 0. The zero-order valence-electron chi connectivity index (χ0n) is 9.54. The van der Waals surface area contributed by atoms with Crippen molar-refractivity contribution in [1.29, 1.82) is 0 Å². The summed E-state index contributed by atoms with van der Waals surface area (Å²) in [5.41, 5.74) is -0.548. The first kappa shape index (κ1) is 18.5. The normalized spacial score (nSPS) is 8.36. The SMILES string of the molecule is C=C.C=C.CN(O)C(=O)OC(C)(C)C. The van der Waals surface area contributed by atoms with Crippen LogP contribution in [0.3, 0.4) is 0 Å². The minimum Gasteiger partial charge on any atom is -0.442 e. The van der Waals surface area contributed by atoms with Crippen LogP contribution < -0.4 is 0 Å². The number of nitrogens with zero attached hydrogens (tertiary/aromatic N) is 1. The molecule has 0 atom stereocenters. The summed E-state index contributed by atoms with van der Waals surface area (Å²) >= 11 is 0. The fourth-order valence-electron chi connectivity index (χ4n) is 0.328. The van der Waals surface area contributed by atoms with Gasteiger partial charge in [0.25, 0.3) is 0 Å². The van der Waals surface area contributed by atoms with Gasteiger partial charge < -0.3 is 4.74 Å². The molecule has 0 aromatic rings. The predicted molar refractivity (Wildman–Crippen MR) is 58.3 cm³/mol. The quantitative estimate of drug-likeness (QED) is 0.374. The molecule has 14 heavy (non-hydrogen) atoms. The van der Waals surface area contributed by atoms with Crippen molar-refractivity contribution in [3.05, 3.63) is 26.3 Å². The van der Waals surface area contributed by atoms with Crippen LogP contribution in [-0.2, 0) is 4.74 Å². The molecule has 0 spiro atoms. The molecule has 0 radical (unpaired) electrons. The highest BCUT2D eigenvalue weighted by Crippen LogP contribution is 2.07.